The van der Waals surface area contributed by atoms with Crippen LogP contribution >= 0.6 is 24.0 Å². The number of hydrogen-bond donors (Lipinski definition) is 2. The molecule has 7 heteroatoms. The number of aliphatic imine (C=N–C) groups is 1. The quantitative estimate of drug-likeness (QED) is 0.358. The van der Waals surface area contributed by atoms with Crippen LogP contribution in [-0.2, 0) is 4.79 Å². The third-order valence-corrected chi connectivity index (χ3v) is 4.96. The largest absolute Gasteiger partial charge is 0.357 e. The van der Waals surface area contributed by atoms with Crippen molar-refractivity contribution in [3.63, 3.8) is 0 Å². The SMILES string of the molecule is CCNC(=NCCN1CCCC(C)C1)NC1CCN(C(=O)CC)C1.I. The fourth-order valence-electron chi connectivity index (χ4n) is 3.63. The van der Waals surface area contributed by atoms with Crippen molar-refractivity contribution in [2.75, 3.05) is 45.8 Å². The molecule has 146 valence electrons. The summed E-state index contributed by atoms with van der Waals surface area (Å²) in [5.74, 6) is 1.95. The number of carbonyl (C=O) groups is 1. The van der Waals surface area contributed by atoms with E-state index >= 15 is 0 Å². The molecule has 0 aliphatic carbocycles. The molecule has 2 aliphatic rings. The highest BCUT2D eigenvalue weighted by atomic mass is 127. The minimum absolute atomic E-state index is 0. The molecule has 0 radical (unpaired) electrons. The van der Waals surface area contributed by atoms with Crippen LogP contribution in [0.2, 0.25) is 0 Å². The summed E-state index contributed by atoms with van der Waals surface area (Å²) >= 11 is 0. The van der Waals surface area contributed by atoms with Crippen molar-refractivity contribution in [3.8, 4) is 0 Å². The van der Waals surface area contributed by atoms with Crippen LogP contribution in [0.15, 0.2) is 4.99 Å². The molecule has 2 unspecified atom stereocenters. The first kappa shape index (κ1) is 22.5. The molecule has 1 amide bonds. The average Bonchev–Trinajstić information content (AvgIpc) is 3.03. The van der Waals surface area contributed by atoms with E-state index in [0.29, 0.717) is 12.5 Å². The van der Waals surface area contributed by atoms with E-state index in [1.807, 2.05) is 11.8 Å². The number of nitrogens with one attached hydrogen (secondary N) is 2. The third-order valence-electron chi connectivity index (χ3n) is 4.96. The van der Waals surface area contributed by atoms with Gasteiger partial charge < -0.3 is 20.4 Å². The Morgan fingerprint density at radius 2 is 2.00 bits per heavy atom. The first-order valence-electron chi connectivity index (χ1n) is 9.67. The summed E-state index contributed by atoms with van der Waals surface area (Å²) in [7, 11) is 0. The van der Waals surface area contributed by atoms with Crippen molar-refractivity contribution in [1.29, 1.82) is 0 Å². The number of hydrogen-bond acceptors (Lipinski definition) is 3. The molecular weight excluding hydrogens is 429 g/mol. The first-order chi connectivity index (χ1) is 11.6. The lowest BCUT2D eigenvalue weighted by molar-refractivity contribution is -0.129. The summed E-state index contributed by atoms with van der Waals surface area (Å²) in [4.78, 5) is 21.0. The molecule has 6 nitrogen and oxygen atoms in total. The Balaban J connectivity index is 0.00000312. The molecule has 2 atom stereocenters. The Morgan fingerprint density at radius 1 is 1.20 bits per heavy atom. The fraction of sp³-hybridized carbons (Fsp3) is 0.889. The molecule has 25 heavy (non-hydrogen) atoms. The number of carbonyl (C=O) groups excluding carboxylic acids is 1. The summed E-state index contributed by atoms with van der Waals surface area (Å²) in [5.41, 5.74) is 0. The summed E-state index contributed by atoms with van der Waals surface area (Å²) in [6, 6.07) is 0.313. The lowest BCUT2D eigenvalue weighted by Crippen LogP contribution is -2.45. The highest BCUT2D eigenvalue weighted by molar-refractivity contribution is 14.0. The van der Waals surface area contributed by atoms with Crippen LogP contribution in [0, 0.1) is 5.92 Å². The molecule has 0 bridgehead atoms. The topological polar surface area (TPSA) is 60.0 Å². The number of nitrogens with zero attached hydrogens (tertiary/aromatic N) is 3. The van der Waals surface area contributed by atoms with Crippen LogP contribution in [-0.4, -0.2) is 73.5 Å². The number of guanidine groups is 1. The maximum Gasteiger partial charge on any atom is 0.222 e. The van der Waals surface area contributed by atoms with Crippen molar-refractivity contribution < 1.29 is 4.79 Å². The van der Waals surface area contributed by atoms with Gasteiger partial charge in [-0.2, -0.15) is 0 Å². The normalized spacial score (nSPS) is 24.8. The Kier molecular flexibility index (Phi) is 10.7. The van der Waals surface area contributed by atoms with Crippen LogP contribution in [0.4, 0.5) is 0 Å². The van der Waals surface area contributed by atoms with E-state index in [-0.39, 0.29) is 29.9 Å². The highest BCUT2D eigenvalue weighted by Crippen LogP contribution is 2.14. The minimum Gasteiger partial charge on any atom is -0.357 e. The molecule has 0 saturated carbocycles. The van der Waals surface area contributed by atoms with Gasteiger partial charge in [0, 0.05) is 45.2 Å². The number of halogens is 1. The minimum atomic E-state index is 0. The Bertz CT molecular complexity index is 432. The van der Waals surface area contributed by atoms with Gasteiger partial charge in [-0.1, -0.05) is 13.8 Å². The molecule has 0 aromatic heterocycles. The summed E-state index contributed by atoms with van der Waals surface area (Å²) < 4.78 is 0. The maximum atomic E-state index is 11.8. The molecule has 0 aromatic rings. The molecule has 2 N–H and O–H groups in total. The van der Waals surface area contributed by atoms with E-state index in [9.17, 15) is 4.79 Å². The van der Waals surface area contributed by atoms with Gasteiger partial charge in [-0.3, -0.25) is 9.79 Å². The lowest BCUT2D eigenvalue weighted by atomic mass is 10.0. The molecule has 2 rings (SSSR count). The molecule has 0 spiro atoms. The Labute approximate surface area is 170 Å². The molecular formula is C18H36IN5O. The molecule has 0 aromatic carbocycles. The second-order valence-electron chi connectivity index (χ2n) is 7.13. The zero-order chi connectivity index (χ0) is 17.4. The summed E-state index contributed by atoms with van der Waals surface area (Å²) in [6.07, 6.45) is 4.26. The summed E-state index contributed by atoms with van der Waals surface area (Å²) in [6.45, 7) is 13.1. The van der Waals surface area contributed by atoms with E-state index < -0.39 is 0 Å². The van der Waals surface area contributed by atoms with Crippen LogP contribution in [0.3, 0.4) is 0 Å². The highest BCUT2D eigenvalue weighted by Gasteiger charge is 2.25. The van der Waals surface area contributed by atoms with Gasteiger partial charge in [0.15, 0.2) is 5.96 Å². The van der Waals surface area contributed by atoms with Crippen molar-refractivity contribution in [2.24, 2.45) is 10.9 Å². The second kappa shape index (κ2) is 11.9. The van der Waals surface area contributed by atoms with E-state index in [0.717, 1.165) is 51.0 Å². The number of likely N-dealkylation sites (tertiary alicyclic amines) is 2. The average molecular weight is 465 g/mol. The van der Waals surface area contributed by atoms with E-state index in [2.05, 4.69) is 29.4 Å². The van der Waals surface area contributed by atoms with E-state index in [4.69, 9.17) is 4.99 Å². The van der Waals surface area contributed by atoms with Gasteiger partial charge in [-0.05, 0) is 38.6 Å². The third kappa shape index (κ3) is 7.68. The van der Waals surface area contributed by atoms with Crippen LogP contribution in [0.1, 0.15) is 46.5 Å². The van der Waals surface area contributed by atoms with Crippen molar-refractivity contribution in [2.45, 2.75) is 52.5 Å². The van der Waals surface area contributed by atoms with Gasteiger partial charge in [-0.15, -0.1) is 24.0 Å². The van der Waals surface area contributed by atoms with Crippen molar-refractivity contribution >= 4 is 35.8 Å². The standard InChI is InChI=1S/C18H35N5O.HI/c1-4-17(24)23-11-8-16(14-23)21-18(19-5-2)20-9-12-22-10-6-7-15(3)13-22;/h15-16H,4-14H2,1-3H3,(H2,19,20,21);1H. The number of piperidine rings is 1. The predicted octanol–water partition coefficient (Wildman–Crippen LogP) is 1.90. The van der Waals surface area contributed by atoms with Crippen LogP contribution in [0.5, 0.6) is 0 Å². The van der Waals surface area contributed by atoms with E-state index in [1.54, 1.807) is 0 Å². The van der Waals surface area contributed by atoms with Crippen molar-refractivity contribution in [3.05, 3.63) is 0 Å². The zero-order valence-corrected chi connectivity index (χ0v) is 18.4. The van der Waals surface area contributed by atoms with Gasteiger partial charge in [0.25, 0.3) is 0 Å². The zero-order valence-electron chi connectivity index (χ0n) is 16.1. The maximum absolute atomic E-state index is 11.8. The molecule has 2 heterocycles. The van der Waals surface area contributed by atoms with Crippen molar-refractivity contribution in [1.82, 2.24) is 20.4 Å². The first-order valence-corrected chi connectivity index (χ1v) is 9.67. The van der Waals surface area contributed by atoms with E-state index in [1.165, 1.54) is 25.9 Å². The molecule has 2 saturated heterocycles. The van der Waals surface area contributed by atoms with Gasteiger partial charge in [-0.25, -0.2) is 0 Å². The monoisotopic (exact) mass is 465 g/mol. The van der Waals surface area contributed by atoms with Gasteiger partial charge in [0.1, 0.15) is 0 Å². The molecule has 2 aliphatic heterocycles. The second-order valence-corrected chi connectivity index (χ2v) is 7.13. The fourth-order valence-corrected chi connectivity index (χ4v) is 3.63. The van der Waals surface area contributed by atoms with Crippen LogP contribution in [0.25, 0.3) is 0 Å². The number of rotatable bonds is 6. The summed E-state index contributed by atoms with van der Waals surface area (Å²) in [5, 5.41) is 6.83. The van der Waals surface area contributed by atoms with Gasteiger partial charge in [0.2, 0.25) is 5.91 Å². The Morgan fingerprint density at radius 3 is 2.68 bits per heavy atom. The number of amides is 1. The predicted molar refractivity (Wildman–Crippen MR) is 115 cm³/mol. The van der Waals surface area contributed by atoms with Crippen LogP contribution < -0.4 is 10.6 Å². The Hall–Kier alpha value is -0.570. The van der Waals surface area contributed by atoms with Gasteiger partial charge in [0.05, 0.1) is 6.54 Å². The molecule has 2 fully saturated rings. The smallest absolute Gasteiger partial charge is 0.222 e. The lowest BCUT2D eigenvalue weighted by Gasteiger charge is -2.30. The van der Waals surface area contributed by atoms with Gasteiger partial charge >= 0.3 is 0 Å².